The fourth-order valence-corrected chi connectivity index (χ4v) is 3.84. The molecule has 0 aromatic carbocycles. The summed E-state index contributed by atoms with van der Waals surface area (Å²) in [5.74, 6) is -0.323. The number of halogens is 3. The van der Waals surface area contributed by atoms with Gasteiger partial charge in [-0.1, -0.05) is 20.8 Å². The molecule has 0 atom stereocenters. The number of nitrogens with zero attached hydrogens (tertiary/aromatic N) is 6. The molecule has 3 aromatic heterocycles. The molecule has 0 spiro atoms. The van der Waals surface area contributed by atoms with Crippen LogP contribution in [0.4, 0.5) is 13.2 Å². The molecule has 0 N–H and O–H groups in total. The van der Waals surface area contributed by atoms with Gasteiger partial charge in [0.25, 0.3) is 5.91 Å². The predicted octanol–water partition coefficient (Wildman–Crippen LogP) is 3.80. The quantitative estimate of drug-likeness (QED) is 0.615. The number of fused-ring (bicyclic) bond motifs is 1. The molecule has 1 aliphatic rings. The van der Waals surface area contributed by atoms with E-state index in [0.29, 0.717) is 43.0 Å². The maximum absolute atomic E-state index is 13.8. The highest BCUT2D eigenvalue weighted by Gasteiger charge is 2.37. The highest BCUT2D eigenvalue weighted by molar-refractivity contribution is 5.92. The summed E-state index contributed by atoms with van der Waals surface area (Å²) in [7, 11) is 1.74. The Balaban J connectivity index is 1.60. The minimum Gasteiger partial charge on any atom is -0.337 e. The van der Waals surface area contributed by atoms with Crippen molar-refractivity contribution in [3.63, 3.8) is 0 Å². The first-order valence-electron chi connectivity index (χ1n) is 10.2. The van der Waals surface area contributed by atoms with Gasteiger partial charge in [-0.05, 0) is 25.0 Å². The molecule has 0 aliphatic carbocycles. The number of aryl methyl sites for hydroxylation is 1. The van der Waals surface area contributed by atoms with E-state index in [4.69, 9.17) is 0 Å². The van der Waals surface area contributed by atoms with Gasteiger partial charge < -0.3 is 4.90 Å². The minimum absolute atomic E-state index is 0.160. The lowest BCUT2D eigenvalue weighted by atomic mass is 9.92. The van der Waals surface area contributed by atoms with Crippen molar-refractivity contribution < 1.29 is 18.0 Å². The van der Waals surface area contributed by atoms with Crippen LogP contribution >= 0.6 is 0 Å². The Morgan fingerprint density at radius 2 is 1.77 bits per heavy atom. The molecule has 0 saturated carbocycles. The second-order valence-electron chi connectivity index (χ2n) is 9.05. The van der Waals surface area contributed by atoms with Gasteiger partial charge in [0.15, 0.2) is 5.65 Å². The van der Waals surface area contributed by atoms with E-state index >= 15 is 0 Å². The van der Waals surface area contributed by atoms with Gasteiger partial charge in [-0.2, -0.15) is 23.4 Å². The average molecular weight is 434 g/mol. The summed E-state index contributed by atoms with van der Waals surface area (Å²) >= 11 is 0. The Hall–Kier alpha value is -2.91. The first-order chi connectivity index (χ1) is 14.4. The van der Waals surface area contributed by atoms with Crippen molar-refractivity contribution in [3.05, 3.63) is 47.2 Å². The zero-order valence-electron chi connectivity index (χ0n) is 17.9. The summed E-state index contributed by atoms with van der Waals surface area (Å²) in [5, 5.41) is 8.32. The molecule has 4 rings (SSSR count). The number of amides is 1. The number of hydrogen-bond acceptors (Lipinski definition) is 4. The van der Waals surface area contributed by atoms with Crippen LogP contribution < -0.4 is 0 Å². The van der Waals surface area contributed by atoms with Crippen molar-refractivity contribution in [1.82, 2.24) is 29.3 Å². The SMILES string of the molecule is Cn1ccc(C(=O)N2CCC(c3cc(C(F)(F)F)n4nc(C(C)(C)C)cc4n3)CC2)n1. The zero-order valence-corrected chi connectivity index (χ0v) is 17.9. The van der Waals surface area contributed by atoms with Gasteiger partial charge in [0, 0.05) is 49.4 Å². The maximum atomic E-state index is 13.8. The highest BCUT2D eigenvalue weighted by Crippen LogP contribution is 2.35. The first-order valence-corrected chi connectivity index (χ1v) is 10.2. The van der Waals surface area contributed by atoms with E-state index in [1.54, 1.807) is 35.0 Å². The topological polar surface area (TPSA) is 68.3 Å². The molecular formula is C21H25F3N6O. The smallest absolute Gasteiger partial charge is 0.337 e. The van der Waals surface area contributed by atoms with Crippen LogP contribution in [0.2, 0.25) is 0 Å². The molecule has 10 heteroatoms. The van der Waals surface area contributed by atoms with Crippen molar-refractivity contribution in [2.45, 2.75) is 51.1 Å². The van der Waals surface area contributed by atoms with Gasteiger partial charge in [0.1, 0.15) is 11.4 Å². The predicted molar refractivity (Wildman–Crippen MR) is 108 cm³/mol. The Morgan fingerprint density at radius 1 is 1.10 bits per heavy atom. The molecule has 1 aliphatic heterocycles. The number of carbonyl (C=O) groups is 1. The molecule has 0 unspecified atom stereocenters. The number of rotatable bonds is 2. The number of aromatic nitrogens is 5. The van der Waals surface area contributed by atoms with Crippen LogP contribution in [0.1, 0.15) is 67.1 Å². The zero-order chi connectivity index (χ0) is 22.6. The largest absolute Gasteiger partial charge is 0.433 e. The summed E-state index contributed by atoms with van der Waals surface area (Å²) in [5.41, 5.74) is 0.294. The van der Waals surface area contributed by atoms with Gasteiger partial charge in [0.2, 0.25) is 0 Å². The van der Waals surface area contributed by atoms with Crippen LogP contribution in [0.15, 0.2) is 24.4 Å². The normalized spacial score (nSPS) is 16.3. The summed E-state index contributed by atoms with van der Waals surface area (Å²) in [4.78, 5) is 18.8. The number of carbonyl (C=O) groups excluding carboxylic acids is 1. The standard InChI is InChI=1S/C21H25F3N6O/c1-20(2,3)16-12-18-25-15(11-17(21(22,23)24)30(18)27-16)13-5-9-29(10-6-13)19(31)14-7-8-28(4)26-14/h7-8,11-13H,5-6,9-10H2,1-4H3. The van der Waals surface area contributed by atoms with Crippen molar-refractivity contribution >= 4 is 11.6 Å². The highest BCUT2D eigenvalue weighted by atomic mass is 19.4. The van der Waals surface area contributed by atoms with Gasteiger partial charge in [-0.15, -0.1) is 0 Å². The van der Waals surface area contributed by atoms with Crippen LogP contribution in [-0.4, -0.2) is 48.3 Å². The Bertz CT molecular complexity index is 1120. The Morgan fingerprint density at radius 3 is 2.32 bits per heavy atom. The number of likely N-dealkylation sites (tertiary alicyclic amines) is 1. The Kier molecular flexibility index (Phi) is 5.06. The molecule has 7 nitrogen and oxygen atoms in total. The monoisotopic (exact) mass is 434 g/mol. The maximum Gasteiger partial charge on any atom is 0.433 e. The molecule has 0 radical (unpaired) electrons. The number of hydrogen-bond donors (Lipinski definition) is 0. The lowest BCUT2D eigenvalue weighted by Gasteiger charge is -2.31. The van der Waals surface area contributed by atoms with Crippen LogP contribution in [0, 0.1) is 0 Å². The summed E-state index contributed by atoms with van der Waals surface area (Å²) in [6.45, 7) is 6.59. The number of alkyl halides is 3. The lowest BCUT2D eigenvalue weighted by molar-refractivity contribution is -0.142. The molecule has 1 saturated heterocycles. The van der Waals surface area contributed by atoms with E-state index in [1.807, 2.05) is 20.8 Å². The second-order valence-corrected chi connectivity index (χ2v) is 9.05. The van der Waals surface area contributed by atoms with Crippen LogP contribution in [-0.2, 0) is 18.6 Å². The van der Waals surface area contributed by atoms with Crippen molar-refractivity contribution in [2.24, 2.45) is 7.05 Å². The van der Waals surface area contributed by atoms with E-state index in [1.165, 1.54) is 0 Å². The second kappa shape index (κ2) is 7.35. The van der Waals surface area contributed by atoms with E-state index in [2.05, 4.69) is 15.2 Å². The van der Waals surface area contributed by atoms with E-state index in [-0.39, 0.29) is 17.5 Å². The third-order valence-corrected chi connectivity index (χ3v) is 5.64. The summed E-state index contributed by atoms with van der Waals surface area (Å²) < 4.78 is 43.8. The van der Waals surface area contributed by atoms with Crippen molar-refractivity contribution in [1.29, 1.82) is 0 Å². The fourth-order valence-electron chi connectivity index (χ4n) is 3.84. The van der Waals surface area contributed by atoms with Crippen molar-refractivity contribution in [3.8, 4) is 0 Å². The van der Waals surface area contributed by atoms with Gasteiger partial charge in [0.05, 0.1) is 5.69 Å². The van der Waals surface area contributed by atoms with Crippen molar-refractivity contribution in [2.75, 3.05) is 13.1 Å². The van der Waals surface area contributed by atoms with Crippen LogP contribution in [0.5, 0.6) is 0 Å². The minimum atomic E-state index is -4.55. The fraction of sp³-hybridized carbons (Fsp3) is 0.524. The van der Waals surface area contributed by atoms with E-state index in [9.17, 15) is 18.0 Å². The molecule has 166 valence electrons. The molecule has 3 aromatic rings. The van der Waals surface area contributed by atoms with Gasteiger partial charge >= 0.3 is 6.18 Å². The molecule has 31 heavy (non-hydrogen) atoms. The van der Waals surface area contributed by atoms with Gasteiger partial charge in [-0.3, -0.25) is 9.48 Å². The van der Waals surface area contributed by atoms with E-state index < -0.39 is 17.3 Å². The summed E-state index contributed by atoms with van der Waals surface area (Å²) in [6, 6.07) is 4.39. The number of piperidine rings is 1. The third kappa shape index (κ3) is 4.15. The van der Waals surface area contributed by atoms with Gasteiger partial charge in [-0.25, -0.2) is 9.50 Å². The Labute approximate surface area is 177 Å². The van der Waals surface area contributed by atoms with Crippen LogP contribution in [0.3, 0.4) is 0 Å². The molecule has 1 amide bonds. The van der Waals surface area contributed by atoms with Crippen LogP contribution in [0.25, 0.3) is 5.65 Å². The average Bonchev–Trinajstić information content (AvgIpc) is 3.32. The molecule has 0 bridgehead atoms. The summed E-state index contributed by atoms with van der Waals surface area (Å²) in [6.07, 6.45) is -1.76. The molecular weight excluding hydrogens is 409 g/mol. The van der Waals surface area contributed by atoms with E-state index in [0.717, 1.165) is 10.6 Å². The molecule has 4 heterocycles. The third-order valence-electron chi connectivity index (χ3n) is 5.64. The first kappa shape index (κ1) is 21.3. The molecule has 1 fully saturated rings. The lowest BCUT2D eigenvalue weighted by Crippen LogP contribution is -2.38.